The van der Waals surface area contributed by atoms with Crippen LogP contribution in [0.15, 0.2) is 0 Å². The molecule has 0 aliphatic rings. The Hall–Kier alpha value is -2.52. The van der Waals surface area contributed by atoms with Crippen LogP contribution in [0.25, 0.3) is 0 Å². The van der Waals surface area contributed by atoms with Crippen molar-refractivity contribution < 1.29 is 24.6 Å². The zero-order chi connectivity index (χ0) is 12.1. The molecule has 1 unspecified atom stereocenters. The van der Waals surface area contributed by atoms with Crippen LogP contribution < -0.4 is 5.32 Å². The molecule has 1 rings (SSSR count). The molecular weight excluding hydrogens is 222 g/mol. The molecule has 1 atom stereocenters. The summed E-state index contributed by atoms with van der Waals surface area (Å²) in [7, 11) is 0. The Balaban J connectivity index is 2.65. The number of nitrogens with zero attached hydrogens (tertiary/aromatic N) is 3. The van der Waals surface area contributed by atoms with Crippen LogP contribution in [0.3, 0.4) is 0 Å². The van der Waals surface area contributed by atoms with Gasteiger partial charge in [0.05, 0.1) is 6.42 Å². The normalized spacial score (nSPS) is 11.8. The fourth-order valence-corrected chi connectivity index (χ4v) is 0.855. The van der Waals surface area contributed by atoms with Crippen LogP contribution >= 0.6 is 0 Å². The van der Waals surface area contributed by atoms with Crippen LogP contribution in [0.5, 0.6) is 0 Å². The summed E-state index contributed by atoms with van der Waals surface area (Å²) in [6, 6.07) is -1.54. The van der Waals surface area contributed by atoms with Gasteiger partial charge in [-0.15, -0.1) is 10.2 Å². The molecule has 0 saturated carbocycles. The second kappa shape index (κ2) is 4.82. The number of aromatic amines is 1. The van der Waals surface area contributed by atoms with E-state index in [2.05, 4.69) is 15.4 Å². The van der Waals surface area contributed by atoms with E-state index in [1.165, 1.54) is 0 Å². The Kier molecular flexibility index (Phi) is 3.48. The molecule has 0 aliphatic heterocycles. The lowest BCUT2D eigenvalue weighted by atomic mass is 10.2. The zero-order valence-electron chi connectivity index (χ0n) is 7.75. The number of aliphatic carboxylic acids is 2. The number of carboxylic acids is 2. The van der Waals surface area contributed by atoms with Gasteiger partial charge in [-0.05, 0) is 5.21 Å². The van der Waals surface area contributed by atoms with Crippen LogP contribution in [0.1, 0.15) is 17.0 Å². The molecule has 0 saturated heterocycles. The zero-order valence-corrected chi connectivity index (χ0v) is 7.75. The quantitative estimate of drug-likeness (QED) is 0.445. The maximum atomic E-state index is 11.2. The summed E-state index contributed by atoms with van der Waals surface area (Å²) >= 11 is 0. The molecule has 4 N–H and O–H groups in total. The lowest BCUT2D eigenvalue weighted by Gasteiger charge is -2.09. The summed E-state index contributed by atoms with van der Waals surface area (Å²) in [4.78, 5) is 32.2. The van der Waals surface area contributed by atoms with Gasteiger partial charge in [-0.2, -0.15) is 5.21 Å². The van der Waals surface area contributed by atoms with Gasteiger partial charge < -0.3 is 15.5 Å². The van der Waals surface area contributed by atoms with E-state index in [-0.39, 0.29) is 5.82 Å². The number of rotatable bonds is 5. The summed E-state index contributed by atoms with van der Waals surface area (Å²) < 4.78 is 0. The topological polar surface area (TPSA) is 158 Å². The van der Waals surface area contributed by atoms with Gasteiger partial charge in [0.25, 0.3) is 11.7 Å². The standard InChI is InChI=1S/C6H7N5O5/c12-3(13)1-2(6(15)16)7-5(14)4-8-10-11-9-4/h2H,1H2,(H,7,14)(H,12,13)(H,15,16)(H,8,9,10,11). The number of carbonyl (C=O) groups is 3. The molecule has 0 bridgehead atoms. The van der Waals surface area contributed by atoms with Gasteiger partial charge in [-0.1, -0.05) is 0 Å². The highest BCUT2D eigenvalue weighted by Gasteiger charge is 2.24. The second-order valence-electron chi connectivity index (χ2n) is 2.70. The van der Waals surface area contributed by atoms with Crippen molar-refractivity contribution in [3.63, 3.8) is 0 Å². The van der Waals surface area contributed by atoms with Crippen molar-refractivity contribution in [3.05, 3.63) is 5.82 Å². The van der Waals surface area contributed by atoms with Gasteiger partial charge in [-0.3, -0.25) is 9.59 Å². The fraction of sp³-hybridized carbons (Fsp3) is 0.333. The largest absolute Gasteiger partial charge is 0.481 e. The number of aromatic nitrogens is 4. The van der Waals surface area contributed by atoms with Crippen molar-refractivity contribution in [2.24, 2.45) is 0 Å². The first kappa shape index (κ1) is 11.6. The molecule has 1 heterocycles. The Morgan fingerprint density at radius 3 is 2.50 bits per heavy atom. The van der Waals surface area contributed by atoms with Crippen LogP contribution in [0, 0.1) is 0 Å². The highest BCUT2D eigenvalue weighted by atomic mass is 16.4. The number of tetrazole rings is 1. The third kappa shape index (κ3) is 3.01. The average Bonchev–Trinajstić information content (AvgIpc) is 2.68. The lowest BCUT2D eigenvalue weighted by molar-refractivity contribution is -0.145. The fourth-order valence-electron chi connectivity index (χ4n) is 0.855. The highest BCUT2D eigenvalue weighted by Crippen LogP contribution is 1.95. The molecule has 1 aromatic rings. The summed E-state index contributed by atoms with van der Waals surface area (Å²) in [6.07, 6.45) is -0.737. The first-order chi connectivity index (χ1) is 7.50. The van der Waals surface area contributed by atoms with Crippen LogP contribution in [0.2, 0.25) is 0 Å². The minimum atomic E-state index is -1.54. The van der Waals surface area contributed by atoms with Gasteiger partial charge in [0.15, 0.2) is 0 Å². The Labute approximate surface area is 87.7 Å². The van der Waals surface area contributed by atoms with Crippen molar-refractivity contribution in [3.8, 4) is 0 Å². The second-order valence-corrected chi connectivity index (χ2v) is 2.70. The van der Waals surface area contributed by atoms with Crippen molar-refractivity contribution in [1.29, 1.82) is 0 Å². The Morgan fingerprint density at radius 1 is 1.38 bits per heavy atom. The van der Waals surface area contributed by atoms with Crippen molar-refractivity contribution >= 4 is 17.8 Å². The predicted molar refractivity (Wildman–Crippen MR) is 45.3 cm³/mol. The van der Waals surface area contributed by atoms with E-state index in [1.54, 1.807) is 0 Å². The van der Waals surface area contributed by atoms with Crippen LogP contribution in [0.4, 0.5) is 0 Å². The smallest absolute Gasteiger partial charge is 0.326 e. The van der Waals surface area contributed by atoms with E-state index in [9.17, 15) is 14.4 Å². The van der Waals surface area contributed by atoms with E-state index < -0.39 is 30.3 Å². The lowest BCUT2D eigenvalue weighted by Crippen LogP contribution is -2.42. The molecule has 0 fully saturated rings. The molecule has 0 aromatic carbocycles. The minimum Gasteiger partial charge on any atom is -0.481 e. The molecule has 0 radical (unpaired) electrons. The van der Waals surface area contributed by atoms with Gasteiger partial charge >= 0.3 is 11.9 Å². The third-order valence-corrected chi connectivity index (χ3v) is 1.53. The SMILES string of the molecule is O=C(O)CC(NC(=O)c1nn[nH]n1)C(=O)O. The summed E-state index contributed by atoms with van der Waals surface area (Å²) in [5, 5.41) is 30.7. The molecule has 1 amide bonds. The first-order valence-electron chi connectivity index (χ1n) is 3.99. The van der Waals surface area contributed by atoms with Crippen LogP contribution in [-0.4, -0.2) is 54.7 Å². The van der Waals surface area contributed by atoms with Gasteiger partial charge in [0.2, 0.25) is 0 Å². The highest BCUT2D eigenvalue weighted by molar-refractivity contribution is 5.94. The van der Waals surface area contributed by atoms with Crippen molar-refractivity contribution in [2.75, 3.05) is 0 Å². The number of H-pyrrole nitrogens is 1. The Morgan fingerprint density at radius 2 is 2.06 bits per heavy atom. The number of amides is 1. The molecule has 10 nitrogen and oxygen atoms in total. The number of carbonyl (C=O) groups excluding carboxylic acids is 1. The van der Waals surface area contributed by atoms with Gasteiger partial charge in [0, 0.05) is 0 Å². The number of nitrogens with one attached hydrogen (secondary N) is 2. The van der Waals surface area contributed by atoms with E-state index in [1.807, 2.05) is 10.5 Å². The molecule has 16 heavy (non-hydrogen) atoms. The molecule has 1 aromatic heterocycles. The molecule has 86 valence electrons. The van der Waals surface area contributed by atoms with Gasteiger partial charge in [-0.25, -0.2) is 4.79 Å². The van der Waals surface area contributed by atoms with Crippen LogP contribution in [-0.2, 0) is 9.59 Å². The van der Waals surface area contributed by atoms with Crippen molar-refractivity contribution in [1.82, 2.24) is 25.9 Å². The Bertz CT molecular complexity index is 401. The van der Waals surface area contributed by atoms with E-state index in [4.69, 9.17) is 10.2 Å². The van der Waals surface area contributed by atoms with E-state index >= 15 is 0 Å². The maximum absolute atomic E-state index is 11.2. The molecular formula is C6H7N5O5. The van der Waals surface area contributed by atoms with Crippen molar-refractivity contribution in [2.45, 2.75) is 12.5 Å². The summed E-state index contributed by atoms with van der Waals surface area (Å²) in [6.45, 7) is 0. The van der Waals surface area contributed by atoms with E-state index in [0.717, 1.165) is 0 Å². The number of hydrogen-bond acceptors (Lipinski definition) is 6. The minimum absolute atomic E-state index is 0.364. The predicted octanol–water partition coefficient (Wildman–Crippen LogP) is -2.14. The monoisotopic (exact) mass is 229 g/mol. The van der Waals surface area contributed by atoms with Gasteiger partial charge in [0.1, 0.15) is 6.04 Å². The first-order valence-corrected chi connectivity index (χ1v) is 3.99. The maximum Gasteiger partial charge on any atom is 0.326 e. The number of carboxylic acid groups (broad SMARTS) is 2. The number of hydrogen-bond donors (Lipinski definition) is 4. The summed E-state index contributed by atoms with van der Waals surface area (Å²) in [5.74, 6) is -4.08. The van der Waals surface area contributed by atoms with E-state index in [0.29, 0.717) is 0 Å². The molecule has 10 heteroatoms. The summed E-state index contributed by atoms with van der Waals surface area (Å²) in [5.41, 5.74) is 0. The third-order valence-electron chi connectivity index (χ3n) is 1.53. The molecule has 0 spiro atoms. The molecule has 0 aliphatic carbocycles. The average molecular weight is 229 g/mol.